The molecule has 1 N–H and O–H groups in total. The zero-order chi connectivity index (χ0) is 16.4. The third-order valence-corrected chi connectivity index (χ3v) is 7.74. The molecule has 0 amide bonds. The van der Waals surface area contributed by atoms with Gasteiger partial charge in [-0.2, -0.15) is 4.31 Å². The van der Waals surface area contributed by atoms with Crippen LogP contribution in [0.4, 0.5) is 0 Å². The van der Waals surface area contributed by atoms with Gasteiger partial charge in [0.1, 0.15) is 0 Å². The summed E-state index contributed by atoms with van der Waals surface area (Å²) in [5.41, 5.74) is 1.64. The summed E-state index contributed by atoms with van der Waals surface area (Å²) in [7, 11) is -3.54. The van der Waals surface area contributed by atoms with Gasteiger partial charge in [0, 0.05) is 23.9 Å². The molecule has 1 saturated carbocycles. The van der Waals surface area contributed by atoms with Crippen molar-refractivity contribution in [3.63, 3.8) is 0 Å². The fraction of sp³-hybridized carbons (Fsp3) is 0.647. The van der Waals surface area contributed by atoms with Crippen LogP contribution in [0.5, 0.6) is 0 Å². The quantitative estimate of drug-likeness (QED) is 0.895. The van der Waals surface area contributed by atoms with Gasteiger partial charge >= 0.3 is 0 Å². The number of ether oxygens (including phenoxy) is 1. The number of rotatable bonds is 2. The summed E-state index contributed by atoms with van der Waals surface area (Å²) in [6, 6.07) is 5.19. The minimum Gasteiger partial charge on any atom is -0.392 e. The Kier molecular flexibility index (Phi) is 3.40. The Morgan fingerprint density at radius 3 is 2.78 bits per heavy atom. The number of aliphatic hydroxyl groups excluding tert-OH is 1. The average Bonchev–Trinajstić information content (AvgIpc) is 3.01. The van der Waals surface area contributed by atoms with Crippen LogP contribution in [0.25, 0.3) is 0 Å². The minimum absolute atomic E-state index is 0.0614. The van der Waals surface area contributed by atoms with Crippen LogP contribution in [-0.2, 0) is 28.0 Å². The highest BCUT2D eigenvalue weighted by atomic mass is 32.2. The molecule has 0 aromatic heterocycles. The summed E-state index contributed by atoms with van der Waals surface area (Å²) in [5.74, 6) is 0.0614. The minimum atomic E-state index is -3.54. The highest BCUT2D eigenvalue weighted by Gasteiger charge is 2.61. The first kappa shape index (κ1) is 15.6. The Bertz CT molecular complexity index is 743. The Balaban J connectivity index is 1.71. The van der Waals surface area contributed by atoms with Crippen molar-refractivity contribution in [2.45, 2.75) is 56.9 Å². The number of hydrogen-bond acceptors (Lipinski definition) is 4. The van der Waals surface area contributed by atoms with Gasteiger partial charge in [-0.3, -0.25) is 0 Å². The molecule has 1 aliphatic carbocycles. The number of piperidine rings is 1. The van der Waals surface area contributed by atoms with E-state index in [1.54, 1.807) is 16.4 Å². The summed E-state index contributed by atoms with van der Waals surface area (Å²) < 4.78 is 33.4. The molecule has 3 aliphatic rings. The maximum Gasteiger partial charge on any atom is 0.243 e. The molecular formula is C17H23NO4S. The molecule has 4 rings (SSSR count). The molecule has 6 heteroatoms. The van der Waals surface area contributed by atoms with Crippen LogP contribution in [0.15, 0.2) is 23.1 Å². The van der Waals surface area contributed by atoms with E-state index >= 15 is 0 Å². The van der Waals surface area contributed by atoms with E-state index in [0.29, 0.717) is 24.7 Å². The fourth-order valence-corrected chi connectivity index (χ4v) is 6.47. The van der Waals surface area contributed by atoms with E-state index in [2.05, 4.69) is 0 Å². The molecule has 126 valence electrons. The van der Waals surface area contributed by atoms with Crippen molar-refractivity contribution in [1.82, 2.24) is 4.31 Å². The van der Waals surface area contributed by atoms with Gasteiger partial charge in [-0.15, -0.1) is 0 Å². The van der Waals surface area contributed by atoms with Gasteiger partial charge in [0.2, 0.25) is 10.0 Å². The van der Waals surface area contributed by atoms with Gasteiger partial charge in [-0.1, -0.05) is 19.9 Å². The second-order valence-corrected chi connectivity index (χ2v) is 9.45. The molecule has 3 atom stereocenters. The van der Waals surface area contributed by atoms with E-state index in [4.69, 9.17) is 4.74 Å². The van der Waals surface area contributed by atoms with Gasteiger partial charge in [-0.05, 0) is 36.1 Å². The largest absolute Gasteiger partial charge is 0.392 e. The van der Waals surface area contributed by atoms with E-state index in [1.165, 1.54) is 0 Å². The molecule has 0 radical (unpaired) electrons. The molecule has 23 heavy (non-hydrogen) atoms. The topological polar surface area (TPSA) is 66.8 Å². The van der Waals surface area contributed by atoms with Crippen LogP contribution in [0.2, 0.25) is 0 Å². The molecular weight excluding hydrogens is 314 g/mol. The van der Waals surface area contributed by atoms with Crippen molar-refractivity contribution < 1.29 is 18.3 Å². The molecule has 5 nitrogen and oxygen atoms in total. The number of nitrogens with zero attached hydrogens (tertiary/aromatic N) is 1. The lowest BCUT2D eigenvalue weighted by Crippen LogP contribution is -2.70. The zero-order valence-corrected chi connectivity index (χ0v) is 14.3. The Morgan fingerprint density at radius 2 is 2.00 bits per heavy atom. The predicted octanol–water partition coefficient (Wildman–Crippen LogP) is 1.89. The molecule has 2 aliphatic heterocycles. The highest BCUT2D eigenvalue weighted by Crippen LogP contribution is 2.53. The number of aliphatic hydroxyl groups is 1. The summed E-state index contributed by atoms with van der Waals surface area (Å²) in [5, 5.41) is 10.3. The van der Waals surface area contributed by atoms with Gasteiger partial charge < -0.3 is 9.84 Å². The molecule has 0 spiro atoms. The first-order valence-electron chi connectivity index (χ1n) is 8.23. The maximum absolute atomic E-state index is 13.2. The predicted molar refractivity (Wildman–Crippen MR) is 85.1 cm³/mol. The molecule has 1 saturated heterocycles. The van der Waals surface area contributed by atoms with Crippen LogP contribution in [0.1, 0.15) is 37.8 Å². The lowest BCUT2D eigenvalue weighted by Gasteiger charge is -2.61. The molecule has 2 fully saturated rings. The molecule has 1 aromatic rings. The third-order valence-electron chi connectivity index (χ3n) is 5.86. The maximum atomic E-state index is 13.2. The van der Waals surface area contributed by atoms with Crippen molar-refractivity contribution in [2.75, 3.05) is 6.54 Å². The van der Waals surface area contributed by atoms with E-state index in [0.717, 1.165) is 24.0 Å². The highest BCUT2D eigenvalue weighted by molar-refractivity contribution is 7.89. The lowest BCUT2D eigenvalue weighted by molar-refractivity contribution is -0.171. The summed E-state index contributed by atoms with van der Waals surface area (Å²) >= 11 is 0. The summed E-state index contributed by atoms with van der Waals surface area (Å²) in [6.45, 7) is 5.50. The lowest BCUT2D eigenvalue weighted by atomic mass is 9.55. The molecule has 1 aromatic carbocycles. The Labute approximate surface area is 137 Å². The van der Waals surface area contributed by atoms with Crippen molar-refractivity contribution in [3.05, 3.63) is 29.3 Å². The normalized spacial score (nSPS) is 32.9. The molecule has 2 heterocycles. The van der Waals surface area contributed by atoms with Crippen LogP contribution in [0.3, 0.4) is 0 Å². The van der Waals surface area contributed by atoms with E-state index in [1.807, 2.05) is 19.9 Å². The van der Waals surface area contributed by atoms with Gasteiger partial charge in [-0.25, -0.2) is 8.42 Å². The van der Waals surface area contributed by atoms with Gasteiger partial charge in [0.05, 0.1) is 24.2 Å². The van der Waals surface area contributed by atoms with Crippen molar-refractivity contribution >= 4 is 10.0 Å². The van der Waals surface area contributed by atoms with Gasteiger partial charge in [0.15, 0.2) is 0 Å². The number of fused-ring (bicyclic) bond motifs is 2. The Morgan fingerprint density at radius 1 is 1.26 bits per heavy atom. The van der Waals surface area contributed by atoms with E-state index in [-0.39, 0.29) is 12.0 Å². The first-order chi connectivity index (χ1) is 10.8. The average molecular weight is 337 g/mol. The SMILES string of the molecule is CC1(C)[C@@H](O)[C@H]2CCCN(S(=O)(=O)c3ccc4c(c3)COC4)[C@H]21. The Hall–Kier alpha value is -0.950. The van der Waals surface area contributed by atoms with Crippen LogP contribution in [0, 0.1) is 11.3 Å². The molecule has 0 bridgehead atoms. The summed E-state index contributed by atoms with van der Waals surface area (Å²) in [6.07, 6.45) is 1.29. The second-order valence-electron chi connectivity index (χ2n) is 7.56. The fourth-order valence-electron chi connectivity index (χ4n) is 4.57. The second kappa shape index (κ2) is 5.02. The summed E-state index contributed by atoms with van der Waals surface area (Å²) in [4.78, 5) is 0.347. The van der Waals surface area contributed by atoms with Crippen molar-refractivity contribution in [3.8, 4) is 0 Å². The van der Waals surface area contributed by atoms with Crippen molar-refractivity contribution in [1.29, 1.82) is 0 Å². The zero-order valence-electron chi connectivity index (χ0n) is 13.5. The van der Waals surface area contributed by atoms with E-state index < -0.39 is 21.5 Å². The smallest absolute Gasteiger partial charge is 0.243 e. The standard InChI is InChI=1S/C17H23NO4S/c1-17(2)15-14(16(17)19)4-3-7-18(15)23(20,21)13-6-5-11-9-22-10-12(11)8-13/h5-6,8,14-16,19H,3-4,7,9-10H2,1-2H3/t14-,15+,16-/m0/s1. The number of hydrogen-bond donors (Lipinski definition) is 1. The number of benzene rings is 1. The monoisotopic (exact) mass is 337 g/mol. The first-order valence-corrected chi connectivity index (χ1v) is 9.67. The van der Waals surface area contributed by atoms with Crippen molar-refractivity contribution in [2.24, 2.45) is 11.3 Å². The van der Waals surface area contributed by atoms with Crippen LogP contribution >= 0.6 is 0 Å². The van der Waals surface area contributed by atoms with Gasteiger partial charge in [0.25, 0.3) is 0 Å². The van der Waals surface area contributed by atoms with Crippen LogP contribution < -0.4 is 0 Å². The van der Waals surface area contributed by atoms with Crippen LogP contribution in [-0.4, -0.2) is 36.5 Å². The number of sulfonamides is 1. The van der Waals surface area contributed by atoms with E-state index in [9.17, 15) is 13.5 Å². The molecule has 0 unspecified atom stereocenters. The third kappa shape index (κ3) is 2.12.